The third-order valence-corrected chi connectivity index (χ3v) is 5.89. The van der Waals surface area contributed by atoms with Gasteiger partial charge in [-0.3, -0.25) is 9.88 Å². The van der Waals surface area contributed by atoms with E-state index in [2.05, 4.69) is 34.7 Å². The van der Waals surface area contributed by atoms with Crippen molar-refractivity contribution in [2.75, 3.05) is 26.2 Å². The van der Waals surface area contributed by atoms with E-state index in [1.807, 2.05) is 18.3 Å². The van der Waals surface area contributed by atoms with Crippen LogP contribution in [-0.2, 0) is 6.54 Å². The summed E-state index contributed by atoms with van der Waals surface area (Å²) in [6.07, 6.45) is 5.99. The lowest BCUT2D eigenvalue weighted by atomic mass is 9.99. The highest BCUT2D eigenvalue weighted by Crippen LogP contribution is 2.38. The van der Waals surface area contributed by atoms with E-state index < -0.39 is 0 Å². The van der Waals surface area contributed by atoms with Crippen molar-refractivity contribution in [3.05, 3.63) is 42.2 Å². The Balaban J connectivity index is 1.55. The first-order valence-electron chi connectivity index (χ1n) is 9.99. The fraction of sp³-hybridized carbons (Fsp3) is 0.500. The van der Waals surface area contributed by atoms with Crippen LogP contribution in [0.5, 0.6) is 11.5 Å². The molecule has 2 aliphatic rings. The molecule has 0 unspecified atom stereocenters. The lowest BCUT2D eigenvalue weighted by molar-refractivity contribution is 0.0832. The number of ether oxygens (including phenoxy) is 1. The number of rotatable bonds is 3. The molecule has 5 nitrogen and oxygen atoms in total. The van der Waals surface area contributed by atoms with Crippen molar-refractivity contribution in [1.82, 2.24) is 14.8 Å². The molecule has 27 heavy (non-hydrogen) atoms. The summed E-state index contributed by atoms with van der Waals surface area (Å²) in [6, 6.07) is 9.08. The van der Waals surface area contributed by atoms with E-state index in [1.54, 1.807) is 12.3 Å². The van der Waals surface area contributed by atoms with Crippen LogP contribution < -0.4 is 4.74 Å². The SMILES string of the molecule is CC(C)N1CCC(N2CCOc3c(O)cc(-c4cccnc4)cc3C2)CC1. The van der Waals surface area contributed by atoms with Crippen molar-refractivity contribution >= 4 is 0 Å². The van der Waals surface area contributed by atoms with Gasteiger partial charge in [-0.15, -0.1) is 0 Å². The van der Waals surface area contributed by atoms with E-state index in [1.165, 1.54) is 12.8 Å². The number of hydrogen-bond acceptors (Lipinski definition) is 5. The standard InChI is InChI=1S/C22H29N3O2/c1-16(2)24-8-5-20(6-9-24)25-10-11-27-22-19(15-25)12-18(13-21(22)26)17-4-3-7-23-14-17/h3-4,7,12-14,16,20,26H,5-6,8-11,15H2,1-2H3. The van der Waals surface area contributed by atoms with E-state index >= 15 is 0 Å². The molecule has 5 heteroatoms. The fourth-order valence-electron chi connectivity index (χ4n) is 4.30. The first kappa shape index (κ1) is 18.3. The molecule has 3 heterocycles. The Morgan fingerprint density at radius 1 is 1.15 bits per heavy atom. The van der Waals surface area contributed by atoms with Gasteiger partial charge < -0.3 is 14.7 Å². The third kappa shape index (κ3) is 3.94. The summed E-state index contributed by atoms with van der Waals surface area (Å²) in [5.41, 5.74) is 3.06. The molecule has 0 spiro atoms. The summed E-state index contributed by atoms with van der Waals surface area (Å²) < 4.78 is 5.93. The van der Waals surface area contributed by atoms with Crippen molar-refractivity contribution < 1.29 is 9.84 Å². The predicted molar refractivity (Wildman–Crippen MR) is 107 cm³/mol. The number of aromatic hydroxyl groups is 1. The minimum Gasteiger partial charge on any atom is -0.504 e. The van der Waals surface area contributed by atoms with Gasteiger partial charge in [-0.05, 0) is 63.5 Å². The van der Waals surface area contributed by atoms with Gasteiger partial charge >= 0.3 is 0 Å². The van der Waals surface area contributed by atoms with Gasteiger partial charge in [-0.25, -0.2) is 0 Å². The number of phenolic OH excluding ortho intramolecular Hbond substituents is 1. The van der Waals surface area contributed by atoms with Crippen LogP contribution in [0.1, 0.15) is 32.3 Å². The van der Waals surface area contributed by atoms with Gasteiger partial charge in [0.25, 0.3) is 0 Å². The number of likely N-dealkylation sites (tertiary alicyclic amines) is 1. The maximum atomic E-state index is 10.5. The number of hydrogen-bond donors (Lipinski definition) is 1. The van der Waals surface area contributed by atoms with Crippen molar-refractivity contribution in [3.8, 4) is 22.6 Å². The molecule has 1 N–H and O–H groups in total. The maximum absolute atomic E-state index is 10.5. The number of piperidine rings is 1. The largest absolute Gasteiger partial charge is 0.504 e. The summed E-state index contributed by atoms with van der Waals surface area (Å²) in [4.78, 5) is 9.30. The molecular weight excluding hydrogens is 338 g/mol. The normalized spacial score (nSPS) is 19.5. The molecule has 0 radical (unpaired) electrons. The topological polar surface area (TPSA) is 48.8 Å². The summed E-state index contributed by atoms with van der Waals surface area (Å²) in [7, 11) is 0. The zero-order chi connectivity index (χ0) is 18.8. The van der Waals surface area contributed by atoms with Gasteiger partial charge in [0, 0.05) is 48.7 Å². The highest BCUT2D eigenvalue weighted by atomic mass is 16.5. The van der Waals surface area contributed by atoms with Crippen molar-refractivity contribution in [2.45, 2.75) is 45.3 Å². The van der Waals surface area contributed by atoms with Gasteiger partial charge in [0.1, 0.15) is 6.61 Å². The summed E-state index contributed by atoms with van der Waals surface area (Å²) in [5, 5.41) is 10.5. The zero-order valence-corrected chi connectivity index (χ0v) is 16.3. The van der Waals surface area contributed by atoms with Crippen LogP contribution in [0, 0.1) is 0 Å². The first-order valence-corrected chi connectivity index (χ1v) is 9.99. The van der Waals surface area contributed by atoms with Gasteiger partial charge in [0.05, 0.1) is 0 Å². The van der Waals surface area contributed by atoms with Crippen molar-refractivity contribution in [3.63, 3.8) is 0 Å². The van der Waals surface area contributed by atoms with Gasteiger partial charge in [-0.1, -0.05) is 6.07 Å². The second kappa shape index (κ2) is 7.87. The lowest BCUT2D eigenvalue weighted by Gasteiger charge is -2.39. The molecule has 0 bridgehead atoms. The summed E-state index contributed by atoms with van der Waals surface area (Å²) in [5.74, 6) is 0.868. The molecule has 0 saturated carbocycles. The minimum absolute atomic E-state index is 0.225. The minimum atomic E-state index is 0.225. The van der Waals surface area contributed by atoms with Crippen LogP contribution in [0.3, 0.4) is 0 Å². The Morgan fingerprint density at radius 3 is 2.67 bits per heavy atom. The number of benzene rings is 1. The first-order chi connectivity index (χ1) is 13.1. The average Bonchev–Trinajstić information content (AvgIpc) is 2.91. The van der Waals surface area contributed by atoms with E-state index in [9.17, 15) is 5.11 Å². The monoisotopic (exact) mass is 367 g/mol. The van der Waals surface area contributed by atoms with E-state index in [0.29, 0.717) is 24.4 Å². The quantitative estimate of drug-likeness (QED) is 0.899. The van der Waals surface area contributed by atoms with Crippen LogP contribution in [-0.4, -0.2) is 58.2 Å². The highest BCUT2D eigenvalue weighted by molar-refractivity contribution is 5.68. The Kier molecular flexibility index (Phi) is 5.32. The molecule has 2 aliphatic heterocycles. The Labute approximate surface area is 161 Å². The maximum Gasteiger partial charge on any atom is 0.165 e. The van der Waals surface area contributed by atoms with Crippen molar-refractivity contribution in [2.24, 2.45) is 0 Å². The highest BCUT2D eigenvalue weighted by Gasteiger charge is 2.28. The number of aromatic nitrogens is 1. The zero-order valence-electron chi connectivity index (χ0n) is 16.3. The van der Waals surface area contributed by atoms with Crippen LogP contribution in [0.15, 0.2) is 36.7 Å². The Hall–Kier alpha value is -2.11. The molecule has 1 aromatic heterocycles. The second-order valence-electron chi connectivity index (χ2n) is 7.91. The Morgan fingerprint density at radius 2 is 1.96 bits per heavy atom. The molecule has 4 rings (SSSR count). The van der Waals surface area contributed by atoms with E-state index in [4.69, 9.17) is 4.74 Å². The molecule has 0 aliphatic carbocycles. The Bertz CT molecular complexity index is 771. The van der Waals surface area contributed by atoms with E-state index in [0.717, 1.165) is 42.9 Å². The molecule has 0 amide bonds. The molecule has 1 saturated heterocycles. The van der Waals surface area contributed by atoms with Gasteiger partial charge in [0.2, 0.25) is 0 Å². The number of pyridine rings is 1. The van der Waals surface area contributed by atoms with Gasteiger partial charge in [0.15, 0.2) is 11.5 Å². The number of fused-ring (bicyclic) bond motifs is 1. The van der Waals surface area contributed by atoms with Crippen LogP contribution in [0.4, 0.5) is 0 Å². The van der Waals surface area contributed by atoms with Crippen LogP contribution >= 0.6 is 0 Å². The lowest BCUT2D eigenvalue weighted by Crippen LogP contribution is -2.47. The fourth-order valence-corrected chi connectivity index (χ4v) is 4.30. The predicted octanol–water partition coefficient (Wildman–Crippen LogP) is 3.52. The molecule has 2 aromatic rings. The third-order valence-electron chi connectivity index (χ3n) is 5.89. The summed E-state index contributed by atoms with van der Waals surface area (Å²) >= 11 is 0. The molecule has 144 valence electrons. The molecule has 1 aromatic carbocycles. The summed E-state index contributed by atoms with van der Waals surface area (Å²) in [6.45, 7) is 9.22. The van der Waals surface area contributed by atoms with Crippen LogP contribution in [0.25, 0.3) is 11.1 Å². The van der Waals surface area contributed by atoms with Gasteiger partial charge in [-0.2, -0.15) is 0 Å². The average molecular weight is 367 g/mol. The molecule has 0 atom stereocenters. The molecular formula is C22H29N3O2. The molecule has 1 fully saturated rings. The van der Waals surface area contributed by atoms with Crippen LogP contribution in [0.2, 0.25) is 0 Å². The van der Waals surface area contributed by atoms with Crippen molar-refractivity contribution in [1.29, 1.82) is 0 Å². The smallest absolute Gasteiger partial charge is 0.165 e. The van der Waals surface area contributed by atoms with E-state index in [-0.39, 0.29) is 5.75 Å². The number of phenols is 1. The second-order valence-corrected chi connectivity index (χ2v) is 7.91. The number of nitrogens with zero attached hydrogens (tertiary/aromatic N) is 3.